The Bertz CT molecular complexity index is 821. The molecule has 3 N–H and O–H groups in total. The zero-order valence-corrected chi connectivity index (χ0v) is 14.7. The summed E-state index contributed by atoms with van der Waals surface area (Å²) in [6, 6.07) is 9.22. The number of anilines is 1. The molecule has 25 heavy (non-hydrogen) atoms. The van der Waals surface area contributed by atoms with Crippen molar-refractivity contribution in [1.82, 2.24) is 5.43 Å². The molecule has 0 unspecified atom stereocenters. The number of hydrogen-bond donors (Lipinski definition) is 3. The van der Waals surface area contributed by atoms with Gasteiger partial charge in [-0.3, -0.25) is 9.59 Å². The van der Waals surface area contributed by atoms with Gasteiger partial charge >= 0.3 is 0 Å². The third-order valence-electron chi connectivity index (χ3n) is 3.18. The van der Waals surface area contributed by atoms with E-state index in [1.807, 2.05) is 0 Å². The van der Waals surface area contributed by atoms with Gasteiger partial charge in [0, 0.05) is 28.3 Å². The minimum atomic E-state index is -0.447. The molecule has 0 aliphatic heterocycles. The number of halogens is 2. The van der Waals surface area contributed by atoms with Gasteiger partial charge in [0.15, 0.2) is 0 Å². The molecular formula is C17H15Cl2N3O3. The van der Waals surface area contributed by atoms with Crippen LogP contribution in [0.4, 0.5) is 5.69 Å². The topological polar surface area (TPSA) is 90.8 Å². The Labute approximate surface area is 154 Å². The Morgan fingerprint density at radius 2 is 1.88 bits per heavy atom. The lowest BCUT2D eigenvalue weighted by Crippen LogP contribution is -2.17. The Morgan fingerprint density at radius 3 is 2.52 bits per heavy atom. The summed E-state index contributed by atoms with van der Waals surface area (Å²) in [4.78, 5) is 23.3. The Balaban J connectivity index is 2.02. The van der Waals surface area contributed by atoms with E-state index in [1.54, 1.807) is 31.2 Å². The predicted octanol–water partition coefficient (Wildman–Crippen LogP) is 3.81. The highest BCUT2D eigenvalue weighted by Crippen LogP contribution is 2.29. The molecule has 0 radical (unpaired) electrons. The van der Waals surface area contributed by atoms with Gasteiger partial charge in [-0.05, 0) is 36.4 Å². The average molecular weight is 380 g/mol. The largest absolute Gasteiger partial charge is 0.506 e. The number of amides is 2. The van der Waals surface area contributed by atoms with Gasteiger partial charge in [-0.2, -0.15) is 5.10 Å². The molecule has 2 rings (SSSR count). The van der Waals surface area contributed by atoms with E-state index >= 15 is 0 Å². The highest BCUT2D eigenvalue weighted by atomic mass is 35.5. The summed E-state index contributed by atoms with van der Waals surface area (Å²) < 4.78 is 0. The number of phenolic OH excluding ortho intramolecular Hbond substituents is 1. The van der Waals surface area contributed by atoms with Crippen LogP contribution in [0.2, 0.25) is 10.0 Å². The molecule has 6 nitrogen and oxygen atoms in total. The molecule has 0 saturated heterocycles. The van der Waals surface area contributed by atoms with Gasteiger partial charge in [-0.1, -0.05) is 30.1 Å². The van der Waals surface area contributed by atoms with Crippen molar-refractivity contribution >= 4 is 46.9 Å². The lowest BCUT2D eigenvalue weighted by Gasteiger charge is -2.05. The molecule has 0 atom stereocenters. The highest BCUT2D eigenvalue weighted by molar-refractivity contribution is 6.36. The Morgan fingerprint density at radius 1 is 1.20 bits per heavy atom. The first-order valence-electron chi connectivity index (χ1n) is 7.32. The van der Waals surface area contributed by atoms with Crippen molar-refractivity contribution in [3.8, 4) is 5.75 Å². The van der Waals surface area contributed by atoms with E-state index in [0.29, 0.717) is 22.7 Å². The fourth-order valence-corrected chi connectivity index (χ4v) is 2.37. The third kappa shape index (κ3) is 5.20. The van der Waals surface area contributed by atoms with Gasteiger partial charge in [0.25, 0.3) is 5.91 Å². The number of carbonyl (C=O) groups is 2. The number of phenols is 1. The maximum Gasteiger partial charge on any atom is 0.271 e. The summed E-state index contributed by atoms with van der Waals surface area (Å²) in [7, 11) is 0. The molecule has 8 heteroatoms. The normalized spacial score (nSPS) is 10.7. The molecule has 0 saturated carbocycles. The van der Waals surface area contributed by atoms with Crippen LogP contribution in [0.15, 0.2) is 41.5 Å². The number of benzene rings is 2. The second-order valence-electron chi connectivity index (χ2n) is 5.00. The number of rotatable bonds is 5. The molecule has 130 valence electrons. The molecule has 0 aliphatic rings. The van der Waals surface area contributed by atoms with Crippen molar-refractivity contribution < 1.29 is 14.7 Å². The Kier molecular flexibility index (Phi) is 6.38. The lowest BCUT2D eigenvalue weighted by atomic mass is 10.2. The van der Waals surface area contributed by atoms with Crippen LogP contribution in [0.5, 0.6) is 5.75 Å². The van der Waals surface area contributed by atoms with Crippen LogP contribution >= 0.6 is 23.2 Å². The maximum absolute atomic E-state index is 12.0. The number of nitrogens with one attached hydrogen (secondary N) is 2. The highest BCUT2D eigenvalue weighted by Gasteiger charge is 2.07. The van der Waals surface area contributed by atoms with Gasteiger partial charge in [0.2, 0.25) is 5.91 Å². The van der Waals surface area contributed by atoms with E-state index in [4.69, 9.17) is 23.2 Å². The van der Waals surface area contributed by atoms with Gasteiger partial charge < -0.3 is 10.4 Å². The number of hydrogen-bond acceptors (Lipinski definition) is 4. The molecule has 0 spiro atoms. The molecule has 0 bridgehead atoms. The predicted molar refractivity (Wildman–Crippen MR) is 98.5 cm³/mol. The minimum absolute atomic E-state index is 0.0880. The summed E-state index contributed by atoms with van der Waals surface area (Å²) in [5, 5.41) is 16.7. The average Bonchev–Trinajstić information content (AvgIpc) is 2.59. The van der Waals surface area contributed by atoms with Crippen LogP contribution < -0.4 is 10.7 Å². The van der Waals surface area contributed by atoms with Crippen LogP contribution in [0, 0.1) is 0 Å². The van der Waals surface area contributed by atoms with Crippen molar-refractivity contribution in [1.29, 1.82) is 0 Å². The summed E-state index contributed by atoms with van der Waals surface area (Å²) in [6.45, 7) is 1.75. The molecule has 0 heterocycles. The summed E-state index contributed by atoms with van der Waals surface area (Å²) in [5.74, 6) is -0.737. The zero-order valence-electron chi connectivity index (χ0n) is 13.2. The monoisotopic (exact) mass is 379 g/mol. The van der Waals surface area contributed by atoms with Crippen molar-refractivity contribution in [2.24, 2.45) is 5.10 Å². The van der Waals surface area contributed by atoms with Crippen LogP contribution in [0.25, 0.3) is 0 Å². The second-order valence-corrected chi connectivity index (χ2v) is 5.85. The minimum Gasteiger partial charge on any atom is -0.506 e. The van der Waals surface area contributed by atoms with Crippen LogP contribution in [0.3, 0.4) is 0 Å². The molecule has 0 aliphatic carbocycles. The quantitative estimate of drug-likeness (QED) is 0.544. The van der Waals surface area contributed by atoms with Crippen molar-refractivity contribution in [3.63, 3.8) is 0 Å². The zero-order chi connectivity index (χ0) is 18.4. The summed E-state index contributed by atoms with van der Waals surface area (Å²) >= 11 is 11.7. The molecule has 0 fully saturated rings. The molecule has 2 aromatic rings. The van der Waals surface area contributed by atoms with E-state index in [-0.39, 0.29) is 22.2 Å². The number of carbonyl (C=O) groups excluding carboxylic acids is 2. The fraction of sp³-hybridized carbons (Fsp3) is 0.118. The standard InChI is InChI=1S/C17H15Cl2N3O3/c1-2-15(23)21-13-5-3-10(4-6-13)17(25)22-20-9-11-7-12(18)8-14(19)16(11)24/h3-9,24H,2H2,1H3,(H,21,23)(H,22,25)/b20-9+. The molecule has 2 amide bonds. The Hall–Kier alpha value is -2.57. The number of nitrogens with zero attached hydrogens (tertiary/aromatic N) is 1. The second kappa shape index (κ2) is 8.50. The number of aromatic hydroxyl groups is 1. The van der Waals surface area contributed by atoms with E-state index in [9.17, 15) is 14.7 Å². The summed E-state index contributed by atoms with van der Waals surface area (Å²) in [5.41, 5.74) is 3.57. The smallest absolute Gasteiger partial charge is 0.271 e. The van der Waals surface area contributed by atoms with Crippen LogP contribution in [-0.4, -0.2) is 23.1 Å². The molecule has 2 aromatic carbocycles. The molecule has 0 aromatic heterocycles. The van der Waals surface area contributed by atoms with Crippen molar-refractivity contribution in [3.05, 3.63) is 57.6 Å². The maximum atomic E-state index is 12.0. The van der Waals surface area contributed by atoms with Crippen LogP contribution in [0.1, 0.15) is 29.3 Å². The third-order valence-corrected chi connectivity index (χ3v) is 3.69. The summed E-state index contributed by atoms with van der Waals surface area (Å²) in [6.07, 6.45) is 1.61. The van der Waals surface area contributed by atoms with E-state index in [2.05, 4.69) is 15.8 Å². The lowest BCUT2D eigenvalue weighted by molar-refractivity contribution is -0.115. The first kappa shape index (κ1) is 18.8. The van der Waals surface area contributed by atoms with Crippen molar-refractivity contribution in [2.45, 2.75) is 13.3 Å². The first-order valence-corrected chi connectivity index (χ1v) is 8.07. The fourth-order valence-electron chi connectivity index (χ4n) is 1.86. The van der Waals surface area contributed by atoms with Gasteiger partial charge in [-0.15, -0.1) is 0 Å². The first-order chi connectivity index (χ1) is 11.9. The van der Waals surface area contributed by atoms with Gasteiger partial charge in [0.05, 0.1) is 11.2 Å². The SMILES string of the molecule is CCC(=O)Nc1ccc(C(=O)N/N=C/c2cc(Cl)cc(Cl)c2O)cc1. The van der Waals surface area contributed by atoms with E-state index in [0.717, 1.165) is 0 Å². The van der Waals surface area contributed by atoms with Crippen LogP contribution in [-0.2, 0) is 4.79 Å². The number of hydrazone groups is 1. The van der Waals surface area contributed by atoms with E-state index < -0.39 is 5.91 Å². The van der Waals surface area contributed by atoms with Crippen molar-refractivity contribution in [2.75, 3.05) is 5.32 Å². The van der Waals surface area contributed by atoms with Gasteiger partial charge in [-0.25, -0.2) is 5.43 Å². The van der Waals surface area contributed by atoms with Gasteiger partial charge in [0.1, 0.15) is 5.75 Å². The molecular weight excluding hydrogens is 365 g/mol. The van der Waals surface area contributed by atoms with E-state index in [1.165, 1.54) is 18.3 Å².